The first kappa shape index (κ1) is 15.0. The van der Waals surface area contributed by atoms with Gasteiger partial charge in [-0.05, 0) is 47.5 Å². The quantitative estimate of drug-likeness (QED) is 0.875. The Balaban J connectivity index is 2.96. The number of benzene rings is 1. The molecule has 0 radical (unpaired) electrons. The third-order valence-electron chi connectivity index (χ3n) is 2.79. The normalized spacial score (nSPS) is 12.1. The van der Waals surface area contributed by atoms with Crippen LogP contribution in [0.25, 0.3) is 0 Å². The van der Waals surface area contributed by atoms with E-state index in [0.717, 1.165) is 22.3 Å². The van der Waals surface area contributed by atoms with Crippen molar-refractivity contribution in [2.45, 2.75) is 20.0 Å². The number of carbonyl (C=O) groups excluding carboxylic acids is 1. The average molecular weight is 315 g/mol. The maximum Gasteiger partial charge on any atom is 0.239 e. The van der Waals surface area contributed by atoms with Crippen LogP contribution in [0.5, 0.6) is 0 Å². The van der Waals surface area contributed by atoms with Crippen molar-refractivity contribution in [3.05, 3.63) is 28.2 Å². The van der Waals surface area contributed by atoms with Gasteiger partial charge in [-0.3, -0.25) is 4.79 Å². The van der Waals surface area contributed by atoms with Gasteiger partial charge in [-0.15, -0.1) is 0 Å². The molecule has 2 N–H and O–H groups in total. The lowest BCUT2D eigenvalue weighted by atomic mass is 10.1. The minimum atomic E-state index is -0.496. The fraction of sp³-hybridized carbons (Fsp3) is 0.462. The van der Waals surface area contributed by atoms with E-state index in [4.69, 9.17) is 0 Å². The summed E-state index contributed by atoms with van der Waals surface area (Å²) in [6.07, 6.45) is -0.496. The third kappa shape index (κ3) is 3.71. The number of hydrogen-bond donors (Lipinski definition) is 2. The van der Waals surface area contributed by atoms with Gasteiger partial charge < -0.3 is 15.3 Å². The number of carbonyl (C=O) groups is 1. The van der Waals surface area contributed by atoms with Crippen molar-refractivity contribution < 1.29 is 9.90 Å². The van der Waals surface area contributed by atoms with Crippen LogP contribution in [0, 0.1) is 0 Å². The zero-order valence-electron chi connectivity index (χ0n) is 10.9. The summed E-state index contributed by atoms with van der Waals surface area (Å²) in [7, 11) is 1.63. The van der Waals surface area contributed by atoms with E-state index in [1.165, 1.54) is 0 Å². The Morgan fingerprint density at radius 3 is 2.67 bits per heavy atom. The Kier molecular flexibility index (Phi) is 5.62. The summed E-state index contributed by atoms with van der Waals surface area (Å²) < 4.78 is 0.881. The Labute approximate surface area is 116 Å². The maximum absolute atomic E-state index is 11.4. The molecule has 4 nitrogen and oxygen atoms in total. The van der Waals surface area contributed by atoms with E-state index >= 15 is 0 Å². The summed E-state index contributed by atoms with van der Waals surface area (Å²) in [5.74, 6) is -0.0247. The first-order valence-electron chi connectivity index (χ1n) is 5.92. The summed E-state index contributed by atoms with van der Waals surface area (Å²) in [6, 6.07) is 5.67. The largest absolute Gasteiger partial charge is 0.389 e. The lowest BCUT2D eigenvalue weighted by Gasteiger charge is -2.24. The van der Waals surface area contributed by atoms with Crippen LogP contribution in [-0.2, 0) is 4.79 Å². The highest BCUT2D eigenvalue weighted by Crippen LogP contribution is 2.29. The van der Waals surface area contributed by atoms with E-state index in [9.17, 15) is 9.90 Å². The molecule has 0 heterocycles. The Morgan fingerprint density at radius 2 is 2.22 bits per heavy atom. The van der Waals surface area contributed by atoms with Crippen LogP contribution < -0.4 is 10.2 Å². The van der Waals surface area contributed by atoms with Crippen LogP contribution in [0.3, 0.4) is 0 Å². The number of nitrogens with one attached hydrogen (secondary N) is 1. The molecule has 1 unspecified atom stereocenters. The molecular weight excluding hydrogens is 296 g/mol. The van der Waals surface area contributed by atoms with Crippen molar-refractivity contribution in [3.63, 3.8) is 0 Å². The van der Waals surface area contributed by atoms with Crippen molar-refractivity contribution in [1.82, 2.24) is 5.32 Å². The zero-order chi connectivity index (χ0) is 13.7. The molecule has 0 fully saturated rings. The number of anilines is 1. The number of nitrogens with zero attached hydrogens (tertiary/aromatic N) is 1. The lowest BCUT2D eigenvalue weighted by Crippen LogP contribution is -2.35. The second kappa shape index (κ2) is 6.75. The number of aliphatic hydroxyl groups is 1. The van der Waals surface area contributed by atoms with Crippen LogP contribution in [0.2, 0.25) is 0 Å². The van der Waals surface area contributed by atoms with Gasteiger partial charge in [0.25, 0.3) is 0 Å². The highest BCUT2D eigenvalue weighted by Gasteiger charge is 2.13. The van der Waals surface area contributed by atoms with E-state index in [-0.39, 0.29) is 5.91 Å². The van der Waals surface area contributed by atoms with Crippen LogP contribution in [0.4, 0.5) is 5.69 Å². The molecule has 1 aromatic carbocycles. The number of halogens is 1. The molecule has 1 atom stereocenters. The molecule has 0 spiro atoms. The minimum absolute atomic E-state index is 0.0247. The van der Waals surface area contributed by atoms with E-state index in [1.54, 1.807) is 14.0 Å². The maximum atomic E-state index is 11.4. The number of hydrogen-bond acceptors (Lipinski definition) is 3. The highest BCUT2D eigenvalue weighted by atomic mass is 79.9. The van der Waals surface area contributed by atoms with Gasteiger partial charge in [-0.2, -0.15) is 0 Å². The number of rotatable bonds is 5. The van der Waals surface area contributed by atoms with Gasteiger partial charge in [0.1, 0.15) is 0 Å². The third-order valence-corrected chi connectivity index (χ3v) is 3.43. The van der Waals surface area contributed by atoms with Gasteiger partial charge in [-0.1, -0.05) is 6.07 Å². The molecule has 1 amide bonds. The second-order valence-corrected chi connectivity index (χ2v) is 4.93. The number of aliphatic hydroxyl groups excluding tert-OH is 1. The Bertz CT molecular complexity index is 421. The summed E-state index contributed by atoms with van der Waals surface area (Å²) >= 11 is 3.48. The lowest BCUT2D eigenvalue weighted by molar-refractivity contribution is -0.119. The molecule has 0 aliphatic rings. The smallest absolute Gasteiger partial charge is 0.239 e. The summed E-state index contributed by atoms with van der Waals surface area (Å²) in [6.45, 7) is 4.78. The SMILES string of the molecule is CCN(CC(=O)NC)c1ccc(C(C)O)cc1Br. The van der Waals surface area contributed by atoms with E-state index in [1.807, 2.05) is 30.0 Å². The molecule has 0 aliphatic heterocycles. The molecule has 100 valence electrons. The molecule has 1 rings (SSSR count). The van der Waals surface area contributed by atoms with E-state index < -0.39 is 6.10 Å². The van der Waals surface area contributed by atoms with Crippen LogP contribution in [-0.4, -0.2) is 31.2 Å². The van der Waals surface area contributed by atoms with Crippen LogP contribution in [0.1, 0.15) is 25.5 Å². The standard InChI is InChI=1S/C13H19BrN2O2/c1-4-16(8-13(18)15-3)12-6-5-10(9(2)17)7-11(12)14/h5-7,9,17H,4,8H2,1-3H3,(H,15,18). The van der Waals surface area contributed by atoms with Gasteiger partial charge in [0.15, 0.2) is 0 Å². The van der Waals surface area contributed by atoms with Crippen molar-refractivity contribution >= 4 is 27.5 Å². The Morgan fingerprint density at radius 1 is 1.56 bits per heavy atom. The van der Waals surface area contributed by atoms with Gasteiger partial charge in [0, 0.05) is 18.1 Å². The first-order valence-corrected chi connectivity index (χ1v) is 6.72. The summed E-state index contributed by atoms with van der Waals surface area (Å²) in [4.78, 5) is 13.4. The molecule has 0 aliphatic carbocycles. The van der Waals surface area contributed by atoms with Crippen molar-refractivity contribution in [3.8, 4) is 0 Å². The zero-order valence-corrected chi connectivity index (χ0v) is 12.5. The highest BCUT2D eigenvalue weighted by molar-refractivity contribution is 9.10. The van der Waals surface area contributed by atoms with Crippen LogP contribution >= 0.6 is 15.9 Å². The summed E-state index contributed by atoms with van der Waals surface area (Å²) in [5, 5.41) is 12.1. The van der Waals surface area contributed by atoms with Crippen molar-refractivity contribution in [2.24, 2.45) is 0 Å². The molecule has 18 heavy (non-hydrogen) atoms. The predicted molar refractivity (Wildman–Crippen MR) is 76.7 cm³/mol. The number of likely N-dealkylation sites (N-methyl/N-ethyl adjacent to an activating group) is 2. The van der Waals surface area contributed by atoms with E-state index in [0.29, 0.717) is 6.54 Å². The molecule has 0 aromatic heterocycles. The average Bonchev–Trinajstić information content (AvgIpc) is 2.35. The fourth-order valence-electron chi connectivity index (χ4n) is 1.66. The predicted octanol–water partition coefficient (Wildman–Crippen LogP) is 2.07. The van der Waals surface area contributed by atoms with Crippen molar-refractivity contribution in [1.29, 1.82) is 0 Å². The van der Waals surface area contributed by atoms with Gasteiger partial charge in [-0.25, -0.2) is 0 Å². The fourth-order valence-corrected chi connectivity index (χ4v) is 2.31. The summed E-state index contributed by atoms with van der Waals surface area (Å²) in [5.41, 5.74) is 1.80. The molecule has 1 aromatic rings. The van der Waals surface area contributed by atoms with Gasteiger partial charge in [0.2, 0.25) is 5.91 Å². The first-order chi connectivity index (χ1) is 8.49. The van der Waals surface area contributed by atoms with E-state index in [2.05, 4.69) is 21.2 Å². The number of amides is 1. The second-order valence-electron chi connectivity index (χ2n) is 4.07. The topological polar surface area (TPSA) is 52.6 Å². The van der Waals surface area contributed by atoms with Crippen LogP contribution in [0.15, 0.2) is 22.7 Å². The molecule has 5 heteroatoms. The minimum Gasteiger partial charge on any atom is -0.389 e. The monoisotopic (exact) mass is 314 g/mol. The molecule has 0 saturated heterocycles. The van der Waals surface area contributed by atoms with Gasteiger partial charge >= 0.3 is 0 Å². The molecular formula is C13H19BrN2O2. The Hall–Kier alpha value is -1.07. The molecule has 0 saturated carbocycles. The van der Waals surface area contributed by atoms with Gasteiger partial charge in [0.05, 0.1) is 18.3 Å². The molecule has 0 bridgehead atoms. The van der Waals surface area contributed by atoms with Crippen molar-refractivity contribution in [2.75, 3.05) is 25.0 Å².